The molecule has 0 bridgehead atoms. The lowest BCUT2D eigenvalue weighted by Gasteiger charge is -2.12. The summed E-state index contributed by atoms with van der Waals surface area (Å²) >= 11 is 1.08. The summed E-state index contributed by atoms with van der Waals surface area (Å²) in [6.45, 7) is 4.00. The van der Waals surface area contributed by atoms with Gasteiger partial charge in [0.2, 0.25) is 20.0 Å². The molecule has 1 rings (SSSR count). The van der Waals surface area contributed by atoms with Gasteiger partial charge in [-0.3, -0.25) is 9.71 Å². The van der Waals surface area contributed by atoms with Crippen LogP contribution < -0.4 is 15.2 Å². The van der Waals surface area contributed by atoms with Gasteiger partial charge in [0.05, 0.1) is 16.8 Å². The second kappa shape index (κ2) is 9.11. The maximum Gasteiger partial charge on any atom is 0.238 e. The summed E-state index contributed by atoms with van der Waals surface area (Å²) in [5.41, 5.74) is 0.242. The van der Waals surface area contributed by atoms with Gasteiger partial charge >= 0.3 is 0 Å². The molecule has 1 aromatic rings. The number of hydrogen-bond acceptors (Lipinski definition) is 6. The van der Waals surface area contributed by atoms with E-state index in [2.05, 4.69) is 15.0 Å². The Morgan fingerprint density at radius 3 is 2.17 bits per heavy atom. The summed E-state index contributed by atoms with van der Waals surface area (Å²) in [7, 11) is -4.20. The van der Waals surface area contributed by atoms with Crippen LogP contribution in [0.2, 0.25) is 0 Å². The van der Waals surface area contributed by atoms with Crippen LogP contribution in [0.1, 0.15) is 13.8 Å². The molecule has 0 aliphatic heterocycles. The highest BCUT2D eigenvalue weighted by Crippen LogP contribution is 2.30. The number of anilines is 1. The zero-order valence-electron chi connectivity index (χ0n) is 13.6. The van der Waals surface area contributed by atoms with E-state index < -0.39 is 20.0 Å². The molecule has 0 heterocycles. The van der Waals surface area contributed by atoms with E-state index >= 15 is 0 Å². The Labute approximate surface area is 142 Å². The van der Waals surface area contributed by atoms with E-state index in [1.165, 1.54) is 18.2 Å². The van der Waals surface area contributed by atoms with Crippen molar-refractivity contribution >= 4 is 42.7 Å². The van der Waals surface area contributed by atoms with Crippen molar-refractivity contribution in [2.45, 2.75) is 23.6 Å². The van der Waals surface area contributed by atoms with Gasteiger partial charge in [0.15, 0.2) is 5.17 Å². The number of nitrogens with zero attached hydrogens (tertiary/aromatic N) is 1. The van der Waals surface area contributed by atoms with Crippen LogP contribution in [0.3, 0.4) is 0 Å². The minimum atomic E-state index is -3.89. The number of thioether (sulfide) groups is 1. The van der Waals surface area contributed by atoms with Crippen molar-refractivity contribution in [2.24, 2.45) is 10.1 Å². The number of aliphatic imine (C=N–C) groups is 1. The van der Waals surface area contributed by atoms with Gasteiger partial charge < -0.3 is 5.32 Å². The van der Waals surface area contributed by atoms with Gasteiger partial charge in [-0.15, -0.1) is 0 Å². The lowest BCUT2D eigenvalue weighted by atomic mass is 10.3. The molecule has 23 heavy (non-hydrogen) atoms. The van der Waals surface area contributed by atoms with Crippen molar-refractivity contribution < 1.29 is 16.8 Å². The number of primary sulfonamides is 1. The Hall–Kier alpha value is -1.30. The van der Waals surface area contributed by atoms with Gasteiger partial charge in [0.1, 0.15) is 0 Å². The van der Waals surface area contributed by atoms with Crippen molar-refractivity contribution in [3.63, 3.8) is 0 Å². The normalized spacial score (nSPS) is 12.2. The molecule has 0 aliphatic carbocycles. The van der Waals surface area contributed by atoms with Crippen molar-refractivity contribution in [1.29, 1.82) is 0 Å². The van der Waals surface area contributed by atoms with Crippen molar-refractivity contribution in [3.8, 4) is 0 Å². The Morgan fingerprint density at radius 2 is 1.78 bits per heavy atom. The van der Waals surface area contributed by atoms with E-state index in [1.807, 2.05) is 13.8 Å². The molecule has 0 saturated carbocycles. The molecule has 0 atom stereocenters. The monoisotopic (exact) mass is 382 g/mol. The molecular formula is C12H22N4O4S3. The molecule has 1 aromatic carbocycles. The largest absolute Gasteiger partial charge is 0.368 e. The molecule has 132 valence electrons. The van der Waals surface area contributed by atoms with E-state index in [0.717, 1.165) is 18.0 Å². The molecule has 8 nitrogen and oxygen atoms in total. The summed E-state index contributed by atoms with van der Waals surface area (Å²) < 4.78 is 47.8. The SMILES string of the molecule is CC.CN=C(NC)Sc1cc(S(N)(=O)=O)ccc1NS(C)(=O)=O. The van der Waals surface area contributed by atoms with Crippen LogP contribution in [-0.4, -0.2) is 42.4 Å². The van der Waals surface area contributed by atoms with E-state index in [0.29, 0.717) is 10.1 Å². The maximum absolute atomic E-state index is 11.4. The zero-order chi connectivity index (χ0) is 18.3. The highest BCUT2D eigenvalue weighted by Gasteiger charge is 2.15. The first-order valence-corrected chi connectivity index (χ1v) is 10.8. The van der Waals surface area contributed by atoms with Crippen LogP contribution in [0, 0.1) is 0 Å². The molecule has 4 N–H and O–H groups in total. The van der Waals surface area contributed by atoms with E-state index in [9.17, 15) is 16.8 Å². The standard InChI is InChI=1S/C10H16N4O4S3.C2H6/c1-12-10(13-2)19-9-6-7(21(11,17)18)4-5-8(9)14-20(3,15)16;1-2/h4-6,14H,1-3H3,(H,12,13)(H2,11,17,18);1-2H3. The Kier molecular flexibility index (Phi) is 8.59. The van der Waals surface area contributed by atoms with Gasteiger partial charge in [-0.05, 0) is 18.2 Å². The summed E-state index contributed by atoms with van der Waals surface area (Å²) in [6, 6.07) is 3.86. The third-order valence-electron chi connectivity index (χ3n) is 2.20. The molecule has 0 fully saturated rings. The second-order valence-electron chi connectivity index (χ2n) is 3.96. The van der Waals surface area contributed by atoms with Crippen molar-refractivity contribution in [3.05, 3.63) is 18.2 Å². The summed E-state index contributed by atoms with van der Waals surface area (Å²) in [6.07, 6.45) is 1.00. The number of benzene rings is 1. The number of rotatable bonds is 4. The minimum absolute atomic E-state index is 0.115. The third kappa shape index (κ3) is 7.68. The molecule has 0 amide bonds. The van der Waals surface area contributed by atoms with Crippen molar-refractivity contribution in [1.82, 2.24) is 5.32 Å². The van der Waals surface area contributed by atoms with Gasteiger partial charge in [0, 0.05) is 19.0 Å². The van der Waals surface area contributed by atoms with E-state index in [-0.39, 0.29) is 10.6 Å². The predicted molar refractivity (Wildman–Crippen MR) is 95.9 cm³/mol. The Balaban J connectivity index is 0.00000232. The smallest absolute Gasteiger partial charge is 0.238 e. The van der Waals surface area contributed by atoms with Crippen LogP contribution in [0.25, 0.3) is 0 Å². The lowest BCUT2D eigenvalue weighted by Crippen LogP contribution is -2.16. The number of hydrogen-bond donors (Lipinski definition) is 3. The molecule has 0 aromatic heterocycles. The van der Waals surface area contributed by atoms with E-state index in [4.69, 9.17) is 5.14 Å². The molecule has 0 unspecified atom stereocenters. The van der Waals surface area contributed by atoms with Crippen LogP contribution in [0.5, 0.6) is 0 Å². The van der Waals surface area contributed by atoms with Crippen LogP contribution in [-0.2, 0) is 20.0 Å². The molecule has 0 saturated heterocycles. The molecule has 0 spiro atoms. The first-order valence-electron chi connectivity index (χ1n) is 6.54. The van der Waals surface area contributed by atoms with Gasteiger partial charge in [0.25, 0.3) is 0 Å². The number of nitrogens with two attached hydrogens (primary N) is 1. The van der Waals surface area contributed by atoms with Gasteiger partial charge in [-0.2, -0.15) is 0 Å². The fourth-order valence-electron chi connectivity index (χ4n) is 1.36. The lowest BCUT2D eigenvalue weighted by molar-refractivity contribution is 0.597. The van der Waals surface area contributed by atoms with Crippen molar-refractivity contribution in [2.75, 3.05) is 25.1 Å². The minimum Gasteiger partial charge on any atom is -0.368 e. The average molecular weight is 383 g/mol. The second-order valence-corrected chi connectivity index (χ2v) is 8.30. The summed E-state index contributed by atoms with van der Waals surface area (Å²) in [5.74, 6) is 0. The van der Waals surface area contributed by atoms with Crippen LogP contribution >= 0.6 is 11.8 Å². The van der Waals surface area contributed by atoms with Crippen LogP contribution in [0.4, 0.5) is 5.69 Å². The third-order valence-corrected chi connectivity index (χ3v) is 4.84. The van der Waals surface area contributed by atoms with Gasteiger partial charge in [-0.25, -0.2) is 22.0 Å². The molecule has 0 aliphatic rings. The van der Waals surface area contributed by atoms with Gasteiger partial charge in [-0.1, -0.05) is 25.6 Å². The van der Waals surface area contributed by atoms with E-state index in [1.54, 1.807) is 14.1 Å². The number of nitrogens with one attached hydrogen (secondary N) is 2. The fourth-order valence-corrected chi connectivity index (χ4v) is 3.43. The first-order chi connectivity index (χ1) is 10.6. The molecular weight excluding hydrogens is 360 g/mol. The fraction of sp³-hybridized carbons (Fsp3) is 0.417. The zero-order valence-corrected chi connectivity index (χ0v) is 16.1. The summed E-state index contributed by atoms with van der Waals surface area (Å²) in [5, 5.41) is 8.37. The molecule has 11 heteroatoms. The topological polar surface area (TPSA) is 131 Å². The highest BCUT2D eigenvalue weighted by atomic mass is 32.2. The number of amidine groups is 1. The quantitative estimate of drug-likeness (QED) is 0.405. The number of sulfonamides is 2. The Morgan fingerprint density at radius 1 is 1.22 bits per heavy atom. The maximum atomic E-state index is 11.4. The highest BCUT2D eigenvalue weighted by molar-refractivity contribution is 8.14. The Bertz CT molecular complexity index is 759. The predicted octanol–water partition coefficient (Wildman–Crippen LogP) is 1.03. The average Bonchev–Trinajstić information content (AvgIpc) is 2.45. The summed E-state index contributed by atoms with van der Waals surface area (Å²) in [4.78, 5) is 4.19. The first kappa shape index (κ1) is 21.7. The van der Waals surface area contributed by atoms with Crippen LogP contribution in [0.15, 0.2) is 33.0 Å². The molecule has 0 radical (unpaired) electrons.